The monoisotopic (exact) mass is 299 g/mol. The Morgan fingerprint density at radius 1 is 1.29 bits per heavy atom. The third-order valence-electron chi connectivity index (χ3n) is 3.31. The number of amides is 1. The summed E-state index contributed by atoms with van der Waals surface area (Å²) in [4.78, 5) is 11.9. The number of carbonyl (C=O) groups is 1. The zero-order valence-electron chi connectivity index (χ0n) is 10.2. The van der Waals surface area contributed by atoms with Crippen LogP contribution in [-0.2, 0) is 0 Å². The average Bonchev–Trinajstić information content (AvgIpc) is 2.63. The fraction of sp³-hybridized carbons (Fsp3) is 0.615. The summed E-state index contributed by atoms with van der Waals surface area (Å²) < 4.78 is 5.84. The number of halogens is 1. The Bertz CT molecular complexity index is 392. The molecule has 1 aliphatic carbocycles. The molecule has 1 aromatic rings. The predicted molar refractivity (Wildman–Crippen MR) is 69.8 cm³/mol. The van der Waals surface area contributed by atoms with E-state index < -0.39 is 0 Å². The Labute approximate surface area is 110 Å². The van der Waals surface area contributed by atoms with Crippen LogP contribution in [0.15, 0.2) is 21.2 Å². The Hall–Kier alpha value is -0.770. The maximum absolute atomic E-state index is 11.9. The standard InChI is InChI=1S/C13H18BrNO2/c1-8-5-9(2)7-10(6-8)15-13(16)11-3-4-12(14)17-11/h3-4,8-10H,5-7H2,1-2H3,(H,15,16). The molecule has 94 valence electrons. The molecule has 0 aliphatic heterocycles. The minimum atomic E-state index is -0.109. The lowest BCUT2D eigenvalue weighted by Gasteiger charge is -2.31. The molecule has 0 bridgehead atoms. The summed E-state index contributed by atoms with van der Waals surface area (Å²) in [5.41, 5.74) is 0. The van der Waals surface area contributed by atoms with E-state index in [1.807, 2.05) is 0 Å². The number of hydrogen-bond donors (Lipinski definition) is 1. The molecular weight excluding hydrogens is 282 g/mol. The molecule has 1 heterocycles. The summed E-state index contributed by atoms with van der Waals surface area (Å²) in [6.07, 6.45) is 3.40. The van der Waals surface area contributed by atoms with Crippen LogP contribution in [0.2, 0.25) is 0 Å². The average molecular weight is 300 g/mol. The minimum absolute atomic E-state index is 0.109. The summed E-state index contributed by atoms with van der Waals surface area (Å²) in [6.45, 7) is 4.50. The van der Waals surface area contributed by atoms with Crippen LogP contribution in [0.1, 0.15) is 43.7 Å². The number of carbonyl (C=O) groups excluding carboxylic acids is 1. The van der Waals surface area contributed by atoms with Crippen LogP contribution in [-0.4, -0.2) is 11.9 Å². The van der Waals surface area contributed by atoms with Crippen molar-refractivity contribution in [1.82, 2.24) is 5.32 Å². The summed E-state index contributed by atoms with van der Waals surface area (Å²) >= 11 is 3.20. The molecule has 0 spiro atoms. The van der Waals surface area contributed by atoms with Gasteiger partial charge >= 0.3 is 0 Å². The van der Waals surface area contributed by atoms with Crippen molar-refractivity contribution in [2.24, 2.45) is 11.8 Å². The van der Waals surface area contributed by atoms with Crippen molar-refractivity contribution >= 4 is 21.8 Å². The molecule has 1 aliphatic rings. The molecule has 2 rings (SSSR count). The second-order valence-corrected chi connectivity index (χ2v) is 5.97. The van der Waals surface area contributed by atoms with E-state index in [4.69, 9.17) is 4.42 Å². The van der Waals surface area contributed by atoms with E-state index in [1.165, 1.54) is 6.42 Å². The van der Waals surface area contributed by atoms with Crippen LogP contribution in [0.25, 0.3) is 0 Å². The van der Waals surface area contributed by atoms with E-state index >= 15 is 0 Å². The normalized spacial score (nSPS) is 29.0. The van der Waals surface area contributed by atoms with E-state index in [0.717, 1.165) is 12.8 Å². The van der Waals surface area contributed by atoms with Gasteiger partial charge in [0.15, 0.2) is 10.4 Å². The summed E-state index contributed by atoms with van der Waals surface area (Å²) in [6, 6.07) is 3.71. The highest BCUT2D eigenvalue weighted by molar-refractivity contribution is 9.10. The smallest absolute Gasteiger partial charge is 0.287 e. The first-order chi connectivity index (χ1) is 8.04. The number of nitrogens with one attached hydrogen (secondary N) is 1. The van der Waals surface area contributed by atoms with Crippen molar-refractivity contribution in [3.63, 3.8) is 0 Å². The second-order valence-electron chi connectivity index (χ2n) is 5.19. The van der Waals surface area contributed by atoms with Gasteiger partial charge in [-0.25, -0.2) is 0 Å². The topological polar surface area (TPSA) is 42.2 Å². The lowest BCUT2D eigenvalue weighted by molar-refractivity contribution is 0.0882. The summed E-state index contributed by atoms with van der Waals surface area (Å²) in [7, 11) is 0. The molecule has 0 radical (unpaired) electrons. The lowest BCUT2D eigenvalue weighted by atomic mass is 9.80. The van der Waals surface area contributed by atoms with Crippen molar-refractivity contribution in [1.29, 1.82) is 0 Å². The van der Waals surface area contributed by atoms with Gasteiger partial charge in [0.2, 0.25) is 0 Å². The SMILES string of the molecule is CC1CC(C)CC(NC(=O)c2ccc(Br)o2)C1. The van der Waals surface area contributed by atoms with Crippen molar-refractivity contribution < 1.29 is 9.21 Å². The molecule has 2 atom stereocenters. The molecule has 0 aromatic carbocycles. The minimum Gasteiger partial charge on any atom is -0.444 e. The van der Waals surface area contributed by atoms with Gasteiger partial charge in [0.1, 0.15) is 0 Å². The van der Waals surface area contributed by atoms with Gasteiger partial charge in [-0.15, -0.1) is 0 Å². The first kappa shape index (κ1) is 12.7. The molecule has 2 unspecified atom stereocenters. The van der Waals surface area contributed by atoms with Gasteiger partial charge in [-0.05, 0) is 59.2 Å². The highest BCUT2D eigenvalue weighted by atomic mass is 79.9. The molecular formula is C13H18BrNO2. The third-order valence-corrected chi connectivity index (χ3v) is 3.74. The van der Waals surface area contributed by atoms with Gasteiger partial charge in [-0.3, -0.25) is 4.79 Å². The highest BCUT2D eigenvalue weighted by Gasteiger charge is 2.25. The third kappa shape index (κ3) is 3.35. The molecule has 1 aromatic heterocycles. The Morgan fingerprint density at radius 2 is 1.94 bits per heavy atom. The largest absolute Gasteiger partial charge is 0.444 e. The molecule has 4 heteroatoms. The second kappa shape index (κ2) is 5.25. The molecule has 17 heavy (non-hydrogen) atoms. The maximum atomic E-state index is 11.9. The van der Waals surface area contributed by atoms with Crippen LogP contribution in [0, 0.1) is 11.8 Å². The van der Waals surface area contributed by atoms with Gasteiger partial charge < -0.3 is 9.73 Å². The number of furan rings is 1. The first-order valence-electron chi connectivity index (χ1n) is 6.10. The number of hydrogen-bond acceptors (Lipinski definition) is 2. The van der Waals surface area contributed by atoms with E-state index in [2.05, 4.69) is 35.1 Å². The van der Waals surface area contributed by atoms with Crippen LogP contribution >= 0.6 is 15.9 Å². The molecule has 1 amide bonds. The predicted octanol–water partition coefficient (Wildman–Crippen LogP) is 3.60. The molecule has 1 fully saturated rings. The molecule has 0 saturated heterocycles. The lowest BCUT2D eigenvalue weighted by Crippen LogP contribution is -2.39. The maximum Gasteiger partial charge on any atom is 0.287 e. The van der Waals surface area contributed by atoms with Crippen molar-refractivity contribution in [3.05, 3.63) is 22.6 Å². The van der Waals surface area contributed by atoms with Crippen molar-refractivity contribution in [2.75, 3.05) is 0 Å². The fourth-order valence-corrected chi connectivity index (χ4v) is 3.06. The fourth-order valence-electron chi connectivity index (χ4n) is 2.76. The number of rotatable bonds is 2. The van der Waals surface area contributed by atoms with Crippen LogP contribution in [0.5, 0.6) is 0 Å². The van der Waals surface area contributed by atoms with E-state index in [0.29, 0.717) is 22.3 Å². The van der Waals surface area contributed by atoms with E-state index in [-0.39, 0.29) is 11.9 Å². The summed E-state index contributed by atoms with van der Waals surface area (Å²) in [5, 5.41) is 3.06. The van der Waals surface area contributed by atoms with Gasteiger partial charge in [0.25, 0.3) is 5.91 Å². The zero-order chi connectivity index (χ0) is 12.4. The van der Waals surface area contributed by atoms with Crippen molar-refractivity contribution in [3.8, 4) is 0 Å². The molecule has 1 N–H and O–H groups in total. The van der Waals surface area contributed by atoms with Crippen LogP contribution in [0.3, 0.4) is 0 Å². The zero-order valence-corrected chi connectivity index (χ0v) is 11.8. The van der Waals surface area contributed by atoms with Gasteiger partial charge in [-0.1, -0.05) is 13.8 Å². The highest BCUT2D eigenvalue weighted by Crippen LogP contribution is 2.28. The quantitative estimate of drug-likeness (QED) is 0.907. The summed E-state index contributed by atoms with van der Waals surface area (Å²) in [5.74, 6) is 1.64. The molecule has 3 nitrogen and oxygen atoms in total. The molecule has 1 saturated carbocycles. The van der Waals surface area contributed by atoms with Gasteiger partial charge in [0, 0.05) is 6.04 Å². The van der Waals surface area contributed by atoms with E-state index in [1.54, 1.807) is 12.1 Å². The van der Waals surface area contributed by atoms with Gasteiger partial charge in [0.05, 0.1) is 0 Å². The van der Waals surface area contributed by atoms with Crippen LogP contribution < -0.4 is 5.32 Å². The van der Waals surface area contributed by atoms with Crippen molar-refractivity contribution in [2.45, 2.75) is 39.2 Å². The first-order valence-corrected chi connectivity index (χ1v) is 6.90. The van der Waals surface area contributed by atoms with E-state index in [9.17, 15) is 4.79 Å². The Balaban J connectivity index is 1.94. The Morgan fingerprint density at radius 3 is 2.47 bits per heavy atom. The van der Waals surface area contributed by atoms with Gasteiger partial charge in [-0.2, -0.15) is 0 Å². The Kier molecular flexibility index (Phi) is 3.92. The van der Waals surface area contributed by atoms with Crippen LogP contribution in [0.4, 0.5) is 0 Å².